The van der Waals surface area contributed by atoms with Crippen LogP contribution in [0.5, 0.6) is 0 Å². The van der Waals surface area contributed by atoms with Gasteiger partial charge in [0, 0.05) is 18.5 Å². The third kappa shape index (κ3) is 2.98. The van der Waals surface area contributed by atoms with Crippen molar-refractivity contribution in [1.29, 1.82) is 0 Å². The maximum atomic E-state index is 12.2. The predicted molar refractivity (Wildman–Crippen MR) is 92.5 cm³/mol. The second-order valence-corrected chi connectivity index (χ2v) is 7.05. The fraction of sp³-hybridized carbons (Fsp3) is 0.444. The first-order valence-electron chi connectivity index (χ1n) is 7.84. The molecule has 0 N–H and O–H groups in total. The smallest absolute Gasteiger partial charge is 0.232 e. The summed E-state index contributed by atoms with van der Waals surface area (Å²) in [6.07, 6.45) is 2.28. The number of thioether (sulfide) groups is 1. The molecule has 0 unspecified atom stereocenters. The molecule has 1 amide bonds. The molecule has 1 aliphatic heterocycles. The molecule has 1 aromatic carbocycles. The molecule has 0 saturated carbocycles. The lowest BCUT2D eigenvalue weighted by molar-refractivity contribution is -0.127. The minimum Gasteiger partial charge on any atom is -0.342 e. The molecule has 1 aromatic heterocycles. The number of carbonyl (C=O) groups is 1. The lowest BCUT2D eigenvalue weighted by Gasteiger charge is -2.15. The minimum absolute atomic E-state index is 0.241. The summed E-state index contributed by atoms with van der Waals surface area (Å²) < 4.78 is 0. The maximum Gasteiger partial charge on any atom is 0.232 e. The van der Waals surface area contributed by atoms with Gasteiger partial charge in [-0.3, -0.25) is 4.79 Å². The van der Waals surface area contributed by atoms with Gasteiger partial charge in [0.05, 0.1) is 11.3 Å². The lowest BCUT2D eigenvalue weighted by atomic mass is 10.0. The van der Waals surface area contributed by atoms with E-state index in [1.165, 1.54) is 16.5 Å². The summed E-state index contributed by atoms with van der Waals surface area (Å²) in [5, 5.41) is 2.20. The molecule has 0 atom stereocenters. The summed E-state index contributed by atoms with van der Waals surface area (Å²) in [5.41, 5.74) is 4.65. The van der Waals surface area contributed by atoms with Gasteiger partial charge < -0.3 is 4.90 Å². The van der Waals surface area contributed by atoms with E-state index in [1.807, 2.05) is 4.90 Å². The van der Waals surface area contributed by atoms with Gasteiger partial charge in [0.25, 0.3) is 0 Å². The summed E-state index contributed by atoms with van der Waals surface area (Å²) >= 11 is 1.57. The standard InChI is InChI=1S/C18H22N2OS/c1-12-6-7-13(2)17-15(12)10-14(3)18(19-17)22-11-16(21)20-8-4-5-9-20/h6-7,10H,4-5,8-9,11H2,1-3H3. The van der Waals surface area contributed by atoms with Gasteiger partial charge in [0.2, 0.25) is 5.91 Å². The highest BCUT2D eigenvalue weighted by Gasteiger charge is 2.18. The van der Waals surface area contributed by atoms with Crippen LogP contribution in [0.2, 0.25) is 0 Å². The van der Waals surface area contributed by atoms with Gasteiger partial charge in [0.15, 0.2) is 0 Å². The van der Waals surface area contributed by atoms with Gasteiger partial charge in [-0.15, -0.1) is 0 Å². The molecule has 2 aromatic rings. The van der Waals surface area contributed by atoms with E-state index in [1.54, 1.807) is 11.8 Å². The van der Waals surface area contributed by atoms with Gasteiger partial charge in [0.1, 0.15) is 5.03 Å². The van der Waals surface area contributed by atoms with Gasteiger partial charge >= 0.3 is 0 Å². The zero-order valence-corrected chi connectivity index (χ0v) is 14.3. The van der Waals surface area contributed by atoms with Crippen LogP contribution in [0, 0.1) is 20.8 Å². The summed E-state index contributed by atoms with van der Waals surface area (Å²) in [6, 6.07) is 6.46. The van der Waals surface area contributed by atoms with Crippen molar-refractivity contribution >= 4 is 28.6 Å². The van der Waals surface area contributed by atoms with E-state index in [-0.39, 0.29) is 5.91 Å². The number of aromatic nitrogens is 1. The van der Waals surface area contributed by atoms with E-state index in [4.69, 9.17) is 4.98 Å². The Bertz CT molecular complexity index is 721. The van der Waals surface area contributed by atoms with E-state index < -0.39 is 0 Å². The molecule has 0 aliphatic carbocycles. The van der Waals surface area contributed by atoms with Crippen LogP contribution in [-0.2, 0) is 4.79 Å². The monoisotopic (exact) mass is 314 g/mol. The molecule has 116 valence electrons. The number of hydrogen-bond donors (Lipinski definition) is 0. The topological polar surface area (TPSA) is 33.2 Å². The highest BCUT2D eigenvalue weighted by Crippen LogP contribution is 2.28. The molecule has 4 heteroatoms. The Morgan fingerprint density at radius 3 is 2.55 bits per heavy atom. The van der Waals surface area contributed by atoms with Crippen LogP contribution >= 0.6 is 11.8 Å². The van der Waals surface area contributed by atoms with Crippen molar-refractivity contribution in [1.82, 2.24) is 9.88 Å². The van der Waals surface area contributed by atoms with Crippen molar-refractivity contribution in [2.75, 3.05) is 18.8 Å². The molecule has 3 rings (SSSR count). The van der Waals surface area contributed by atoms with Crippen molar-refractivity contribution < 1.29 is 4.79 Å². The van der Waals surface area contributed by atoms with Crippen LogP contribution in [0.3, 0.4) is 0 Å². The van der Waals surface area contributed by atoms with Crippen LogP contribution in [0.25, 0.3) is 10.9 Å². The Morgan fingerprint density at radius 1 is 1.14 bits per heavy atom. The number of rotatable bonds is 3. The zero-order valence-electron chi connectivity index (χ0n) is 13.5. The third-order valence-electron chi connectivity index (χ3n) is 4.34. The molecule has 3 nitrogen and oxygen atoms in total. The van der Waals surface area contributed by atoms with Gasteiger partial charge in [-0.25, -0.2) is 4.98 Å². The molecule has 0 bridgehead atoms. The summed E-state index contributed by atoms with van der Waals surface area (Å²) in [5.74, 6) is 0.731. The number of carbonyl (C=O) groups excluding carboxylic acids is 1. The molecular formula is C18H22N2OS. The van der Waals surface area contributed by atoms with E-state index in [9.17, 15) is 4.79 Å². The lowest BCUT2D eigenvalue weighted by Crippen LogP contribution is -2.29. The number of likely N-dealkylation sites (tertiary alicyclic amines) is 1. The van der Waals surface area contributed by atoms with Crippen LogP contribution in [-0.4, -0.2) is 34.6 Å². The van der Waals surface area contributed by atoms with Gasteiger partial charge in [-0.1, -0.05) is 23.9 Å². The van der Waals surface area contributed by atoms with Crippen molar-refractivity contribution in [2.45, 2.75) is 38.6 Å². The second-order valence-electron chi connectivity index (χ2n) is 6.08. The summed E-state index contributed by atoms with van der Waals surface area (Å²) in [7, 11) is 0. The molecular weight excluding hydrogens is 292 g/mol. The molecule has 0 radical (unpaired) electrons. The van der Waals surface area contributed by atoms with Crippen molar-refractivity contribution in [3.8, 4) is 0 Å². The largest absolute Gasteiger partial charge is 0.342 e. The van der Waals surface area contributed by atoms with Crippen LogP contribution in [0.1, 0.15) is 29.5 Å². The Kier molecular flexibility index (Phi) is 4.39. The SMILES string of the molecule is Cc1cc2c(C)ccc(C)c2nc1SCC(=O)N1CCCC1. The Hall–Kier alpha value is -1.55. The minimum atomic E-state index is 0.241. The first-order valence-corrected chi connectivity index (χ1v) is 8.83. The number of fused-ring (bicyclic) bond motifs is 1. The number of amides is 1. The first-order chi connectivity index (χ1) is 10.6. The molecule has 2 heterocycles. The fourth-order valence-electron chi connectivity index (χ4n) is 2.95. The fourth-order valence-corrected chi connectivity index (χ4v) is 3.84. The van der Waals surface area contributed by atoms with Crippen molar-refractivity contribution in [2.24, 2.45) is 0 Å². The van der Waals surface area contributed by atoms with E-state index >= 15 is 0 Å². The van der Waals surface area contributed by atoms with Crippen LogP contribution in [0.4, 0.5) is 0 Å². The number of aryl methyl sites for hydroxylation is 3. The Morgan fingerprint density at radius 2 is 1.82 bits per heavy atom. The molecule has 0 spiro atoms. The maximum absolute atomic E-state index is 12.2. The quantitative estimate of drug-likeness (QED) is 0.806. The third-order valence-corrected chi connectivity index (χ3v) is 5.42. The van der Waals surface area contributed by atoms with E-state index in [0.29, 0.717) is 5.75 Å². The van der Waals surface area contributed by atoms with E-state index in [2.05, 4.69) is 39.0 Å². The molecule has 22 heavy (non-hydrogen) atoms. The van der Waals surface area contributed by atoms with Crippen molar-refractivity contribution in [3.05, 3.63) is 34.9 Å². The van der Waals surface area contributed by atoms with Crippen LogP contribution in [0.15, 0.2) is 23.2 Å². The van der Waals surface area contributed by atoms with Gasteiger partial charge in [-0.05, 0) is 56.4 Å². The molecule has 1 saturated heterocycles. The first kappa shape index (κ1) is 15.3. The average Bonchev–Trinajstić information content (AvgIpc) is 3.03. The number of benzene rings is 1. The number of hydrogen-bond acceptors (Lipinski definition) is 3. The normalized spacial score (nSPS) is 14.8. The number of pyridine rings is 1. The summed E-state index contributed by atoms with van der Waals surface area (Å²) in [4.78, 5) is 19.0. The van der Waals surface area contributed by atoms with Gasteiger partial charge in [-0.2, -0.15) is 0 Å². The highest BCUT2D eigenvalue weighted by atomic mass is 32.2. The highest BCUT2D eigenvalue weighted by molar-refractivity contribution is 7.99. The Balaban J connectivity index is 1.83. The second kappa shape index (κ2) is 6.29. The average molecular weight is 314 g/mol. The molecule has 1 fully saturated rings. The number of nitrogens with zero attached hydrogens (tertiary/aromatic N) is 2. The predicted octanol–water partition coefficient (Wildman–Crippen LogP) is 3.87. The van der Waals surface area contributed by atoms with E-state index in [0.717, 1.165) is 42.0 Å². The van der Waals surface area contributed by atoms with Crippen LogP contribution < -0.4 is 0 Å². The van der Waals surface area contributed by atoms with Crippen molar-refractivity contribution in [3.63, 3.8) is 0 Å². The molecule has 1 aliphatic rings. The zero-order chi connectivity index (χ0) is 15.7. The Labute approximate surface area is 136 Å². The summed E-state index contributed by atoms with van der Waals surface area (Å²) in [6.45, 7) is 8.13.